The summed E-state index contributed by atoms with van der Waals surface area (Å²) in [6.45, 7) is 7.15. The molecule has 1 aromatic carbocycles. The van der Waals surface area contributed by atoms with Crippen LogP contribution in [0.1, 0.15) is 38.3 Å². The maximum Gasteiger partial charge on any atom is 0.234 e. The third kappa shape index (κ3) is 5.60. The number of nitrogens with zero attached hydrogens (tertiary/aromatic N) is 2. The third-order valence-corrected chi connectivity index (χ3v) is 4.95. The quantitative estimate of drug-likeness (QED) is 0.833. The Morgan fingerprint density at radius 2 is 1.88 bits per heavy atom. The van der Waals surface area contributed by atoms with Gasteiger partial charge in [-0.05, 0) is 30.5 Å². The smallest absolute Gasteiger partial charge is 0.234 e. The number of hydrogen-bond donors (Lipinski definition) is 1. The Bertz CT molecular complexity index is 562. The molecule has 5 nitrogen and oxygen atoms in total. The number of amides is 2. The van der Waals surface area contributed by atoms with Crippen molar-refractivity contribution >= 4 is 27.7 Å². The van der Waals surface area contributed by atoms with Crippen LogP contribution in [0, 0.1) is 0 Å². The molecule has 1 aliphatic heterocycles. The highest BCUT2D eigenvalue weighted by Crippen LogP contribution is 2.19. The normalized spacial score (nSPS) is 17.2. The van der Waals surface area contributed by atoms with E-state index in [2.05, 4.69) is 33.1 Å². The van der Waals surface area contributed by atoms with Gasteiger partial charge in [0.2, 0.25) is 11.8 Å². The number of hydrogen-bond acceptors (Lipinski definition) is 3. The van der Waals surface area contributed by atoms with Crippen LogP contribution in [0.3, 0.4) is 0 Å². The van der Waals surface area contributed by atoms with Crippen LogP contribution in [0.5, 0.6) is 0 Å². The van der Waals surface area contributed by atoms with E-state index < -0.39 is 0 Å². The van der Waals surface area contributed by atoms with E-state index in [0.717, 1.165) is 42.5 Å². The molecule has 1 aromatic rings. The van der Waals surface area contributed by atoms with Crippen LogP contribution in [0.25, 0.3) is 0 Å². The van der Waals surface area contributed by atoms with Crippen molar-refractivity contribution in [1.82, 2.24) is 15.1 Å². The van der Waals surface area contributed by atoms with Crippen molar-refractivity contribution in [3.05, 3.63) is 34.3 Å². The van der Waals surface area contributed by atoms with Gasteiger partial charge in [0.1, 0.15) is 0 Å². The molecule has 24 heavy (non-hydrogen) atoms. The molecule has 0 aliphatic carbocycles. The SMILES string of the molecule is CC[C@@H](NC(=O)CN1CCCN(C(C)=O)CC1)c1ccc(Br)cc1. The molecule has 132 valence electrons. The van der Waals surface area contributed by atoms with Gasteiger partial charge in [-0.25, -0.2) is 0 Å². The van der Waals surface area contributed by atoms with Crippen LogP contribution in [-0.4, -0.2) is 54.3 Å². The lowest BCUT2D eigenvalue weighted by Gasteiger charge is -2.23. The van der Waals surface area contributed by atoms with E-state index in [1.54, 1.807) is 6.92 Å². The highest BCUT2D eigenvalue weighted by atomic mass is 79.9. The summed E-state index contributed by atoms with van der Waals surface area (Å²) in [5, 5.41) is 3.13. The predicted octanol–water partition coefficient (Wildman–Crippen LogP) is 2.57. The van der Waals surface area contributed by atoms with Gasteiger partial charge in [0.15, 0.2) is 0 Å². The second-order valence-electron chi connectivity index (χ2n) is 6.22. The molecular formula is C18H26BrN3O2. The lowest BCUT2D eigenvalue weighted by molar-refractivity contribution is -0.128. The Labute approximate surface area is 152 Å². The Kier molecular flexibility index (Phi) is 7.24. The highest BCUT2D eigenvalue weighted by molar-refractivity contribution is 9.10. The zero-order valence-corrected chi connectivity index (χ0v) is 16.0. The number of benzene rings is 1. The molecular weight excluding hydrogens is 370 g/mol. The number of rotatable bonds is 5. The fraction of sp³-hybridized carbons (Fsp3) is 0.556. The molecule has 2 rings (SSSR count). The number of carbonyl (C=O) groups is 2. The molecule has 1 fully saturated rings. The summed E-state index contributed by atoms with van der Waals surface area (Å²) < 4.78 is 1.03. The van der Waals surface area contributed by atoms with E-state index in [1.165, 1.54) is 0 Å². The minimum Gasteiger partial charge on any atom is -0.348 e. The van der Waals surface area contributed by atoms with Crippen molar-refractivity contribution in [1.29, 1.82) is 0 Å². The van der Waals surface area contributed by atoms with Gasteiger partial charge < -0.3 is 10.2 Å². The molecule has 0 saturated carbocycles. The predicted molar refractivity (Wildman–Crippen MR) is 98.6 cm³/mol. The molecule has 1 heterocycles. The van der Waals surface area contributed by atoms with E-state index >= 15 is 0 Å². The van der Waals surface area contributed by atoms with E-state index in [4.69, 9.17) is 0 Å². The van der Waals surface area contributed by atoms with Crippen molar-refractivity contribution < 1.29 is 9.59 Å². The molecule has 0 unspecified atom stereocenters. The minimum absolute atomic E-state index is 0.0336. The fourth-order valence-electron chi connectivity index (χ4n) is 3.00. The van der Waals surface area contributed by atoms with Crippen LogP contribution in [-0.2, 0) is 9.59 Å². The van der Waals surface area contributed by atoms with Gasteiger partial charge in [0.05, 0.1) is 12.6 Å². The van der Waals surface area contributed by atoms with Crippen LogP contribution in [0.15, 0.2) is 28.7 Å². The molecule has 0 bridgehead atoms. The number of carbonyl (C=O) groups excluding carboxylic acids is 2. The monoisotopic (exact) mass is 395 g/mol. The number of halogens is 1. The zero-order chi connectivity index (χ0) is 17.5. The topological polar surface area (TPSA) is 52.7 Å². The van der Waals surface area contributed by atoms with Crippen molar-refractivity contribution in [2.75, 3.05) is 32.7 Å². The summed E-state index contributed by atoms with van der Waals surface area (Å²) in [5.41, 5.74) is 1.12. The minimum atomic E-state index is 0.0336. The summed E-state index contributed by atoms with van der Waals surface area (Å²) in [6.07, 6.45) is 1.77. The van der Waals surface area contributed by atoms with Gasteiger partial charge >= 0.3 is 0 Å². The molecule has 0 spiro atoms. The van der Waals surface area contributed by atoms with Crippen LogP contribution < -0.4 is 5.32 Å². The molecule has 6 heteroatoms. The molecule has 1 N–H and O–H groups in total. The largest absolute Gasteiger partial charge is 0.348 e. The Balaban J connectivity index is 1.87. The maximum absolute atomic E-state index is 12.4. The third-order valence-electron chi connectivity index (χ3n) is 4.42. The summed E-state index contributed by atoms with van der Waals surface area (Å²) >= 11 is 3.43. The maximum atomic E-state index is 12.4. The molecule has 0 radical (unpaired) electrons. The fourth-order valence-corrected chi connectivity index (χ4v) is 3.27. The van der Waals surface area contributed by atoms with Crippen molar-refractivity contribution in [3.63, 3.8) is 0 Å². The highest BCUT2D eigenvalue weighted by Gasteiger charge is 2.19. The van der Waals surface area contributed by atoms with Crippen molar-refractivity contribution in [2.45, 2.75) is 32.7 Å². The lowest BCUT2D eigenvalue weighted by atomic mass is 10.0. The van der Waals surface area contributed by atoms with Gasteiger partial charge in [0, 0.05) is 37.6 Å². The standard InChI is InChI=1S/C18H26BrN3O2/c1-3-17(15-5-7-16(19)8-6-15)20-18(24)13-21-9-4-10-22(12-11-21)14(2)23/h5-8,17H,3-4,9-13H2,1-2H3,(H,20,24)/t17-/m1/s1. The molecule has 1 saturated heterocycles. The molecule has 1 aliphatic rings. The average molecular weight is 396 g/mol. The molecule has 1 atom stereocenters. The average Bonchev–Trinajstić information content (AvgIpc) is 2.79. The Hall–Kier alpha value is -1.40. The van der Waals surface area contributed by atoms with Crippen LogP contribution in [0.4, 0.5) is 0 Å². The first-order valence-electron chi connectivity index (χ1n) is 8.52. The van der Waals surface area contributed by atoms with Crippen LogP contribution in [0.2, 0.25) is 0 Å². The Morgan fingerprint density at radius 3 is 2.50 bits per heavy atom. The van der Waals surface area contributed by atoms with Gasteiger partial charge in [0.25, 0.3) is 0 Å². The summed E-state index contributed by atoms with van der Waals surface area (Å²) in [4.78, 5) is 27.9. The van der Waals surface area contributed by atoms with Crippen LogP contribution >= 0.6 is 15.9 Å². The second-order valence-corrected chi connectivity index (χ2v) is 7.13. The lowest BCUT2D eigenvalue weighted by Crippen LogP contribution is -2.40. The van der Waals surface area contributed by atoms with E-state index in [9.17, 15) is 9.59 Å². The first kappa shape index (κ1) is 18.9. The summed E-state index contributed by atoms with van der Waals surface area (Å²) in [7, 11) is 0. The van der Waals surface area contributed by atoms with E-state index in [-0.39, 0.29) is 17.9 Å². The van der Waals surface area contributed by atoms with Gasteiger partial charge in [-0.2, -0.15) is 0 Å². The number of nitrogens with one attached hydrogen (secondary N) is 1. The van der Waals surface area contributed by atoms with Gasteiger partial charge in [-0.1, -0.05) is 35.0 Å². The first-order valence-corrected chi connectivity index (χ1v) is 9.31. The summed E-state index contributed by atoms with van der Waals surface area (Å²) in [5.74, 6) is 0.156. The van der Waals surface area contributed by atoms with Gasteiger partial charge in [-0.3, -0.25) is 14.5 Å². The van der Waals surface area contributed by atoms with E-state index in [0.29, 0.717) is 13.1 Å². The van der Waals surface area contributed by atoms with Crippen molar-refractivity contribution in [3.8, 4) is 0 Å². The van der Waals surface area contributed by atoms with E-state index in [1.807, 2.05) is 29.2 Å². The summed E-state index contributed by atoms with van der Waals surface area (Å²) in [6, 6.07) is 8.10. The second kappa shape index (κ2) is 9.18. The molecule has 0 aromatic heterocycles. The first-order chi connectivity index (χ1) is 11.5. The molecule has 2 amide bonds. The van der Waals surface area contributed by atoms with Gasteiger partial charge in [-0.15, -0.1) is 0 Å². The Morgan fingerprint density at radius 1 is 1.17 bits per heavy atom. The van der Waals surface area contributed by atoms with Crippen molar-refractivity contribution in [2.24, 2.45) is 0 Å². The zero-order valence-electron chi connectivity index (χ0n) is 14.4.